The van der Waals surface area contributed by atoms with Crippen molar-refractivity contribution in [3.05, 3.63) is 45.8 Å². The molecule has 2 aromatic rings. The molecular weight excluding hydrogens is 312 g/mol. The molecule has 2 aromatic heterocycles. The van der Waals surface area contributed by atoms with E-state index in [1.807, 2.05) is 25.1 Å². The molecule has 1 amide bonds. The molecule has 0 spiro atoms. The van der Waals surface area contributed by atoms with Gasteiger partial charge in [0.05, 0.1) is 24.1 Å². The Bertz CT molecular complexity index is 677. The number of carbonyl (C=O) groups excluding carboxylic acids is 1. The first-order valence-electron chi connectivity index (χ1n) is 7.62. The van der Waals surface area contributed by atoms with Gasteiger partial charge in [0.1, 0.15) is 0 Å². The highest BCUT2D eigenvalue weighted by molar-refractivity contribution is 7.13. The molecule has 6 heteroatoms. The van der Waals surface area contributed by atoms with Gasteiger partial charge in [0.25, 0.3) is 5.91 Å². The molecule has 0 bridgehead atoms. The molecule has 0 saturated heterocycles. The van der Waals surface area contributed by atoms with E-state index in [0.29, 0.717) is 23.6 Å². The van der Waals surface area contributed by atoms with Crippen molar-refractivity contribution in [3.8, 4) is 5.88 Å². The fourth-order valence-electron chi connectivity index (χ4n) is 2.84. The van der Waals surface area contributed by atoms with E-state index in [-0.39, 0.29) is 24.0 Å². The summed E-state index contributed by atoms with van der Waals surface area (Å²) >= 11 is 1.48. The highest BCUT2D eigenvalue weighted by Gasteiger charge is 2.36. The summed E-state index contributed by atoms with van der Waals surface area (Å²) in [6.45, 7) is 1.98. The SMILES string of the molecule is COc1ccc([C@H](NC(=O)c2ccc(C)s2)C2CC(O)C2)cn1. The minimum absolute atomic E-state index is 0.0784. The molecule has 0 radical (unpaired) electrons. The van der Waals surface area contributed by atoms with Crippen LogP contribution in [0.4, 0.5) is 0 Å². The van der Waals surface area contributed by atoms with Gasteiger partial charge in [0, 0.05) is 17.1 Å². The summed E-state index contributed by atoms with van der Waals surface area (Å²) in [6.07, 6.45) is 2.85. The number of pyridine rings is 1. The van der Waals surface area contributed by atoms with Gasteiger partial charge in [-0.2, -0.15) is 0 Å². The average molecular weight is 332 g/mol. The largest absolute Gasteiger partial charge is 0.481 e. The van der Waals surface area contributed by atoms with Crippen LogP contribution in [0.2, 0.25) is 0 Å². The summed E-state index contributed by atoms with van der Waals surface area (Å²) in [5.41, 5.74) is 0.935. The van der Waals surface area contributed by atoms with Gasteiger partial charge in [0.15, 0.2) is 0 Å². The van der Waals surface area contributed by atoms with Gasteiger partial charge >= 0.3 is 0 Å². The van der Waals surface area contributed by atoms with Crippen LogP contribution in [0.5, 0.6) is 5.88 Å². The van der Waals surface area contributed by atoms with Crippen molar-refractivity contribution in [2.24, 2.45) is 5.92 Å². The van der Waals surface area contributed by atoms with Gasteiger partial charge in [-0.05, 0) is 43.4 Å². The summed E-state index contributed by atoms with van der Waals surface area (Å²) in [4.78, 5) is 18.5. The van der Waals surface area contributed by atoms with E-state index < -0.39 is 0 Å². The molecule has 0 aliphatic heterocycles. The fourth-order valence-corrected chi connectivity index (χ4v) is 3.61. The Morgan fingerprint density at radius 2 is 2.17 bits per heavy atom. The van der Waals surface area contributed by atoms with E-state index in [1.54, 1.807) is 19.4 Å². The number of nitrogens with zero attached hydrogens (tertiary/aromatic N) is 1. The molecule has 1 aliphatic carbocycles. The van der Waals surface area contributed by atoms with Gasteiger partial charge in [-0.15, -0.1) is 11.3 Å². The van der Waals surface area contributed by atoms with Gasteiger partial charge < -0.3 is 15.2 Å². The lowest BCUT2D eigenvalue weighted by atomic mass is 9.75. The minimum Gasteiger partial charge on any atom is -0.481 e. The molecule has 1 saturated carbocycles. The normalized spacial score (nSPS) is 21.3. The molecule has 1 fully saturated rings. The van der Waals surface area contributed by atoms with E-state index in [0.717, 1.165) is 10.4 Å². The van der Waals surface area contributed by atoms with Crippen LogP contribution in [0, 0.1) is 12.8 Å². The maximum atomic E-state index is 12.5. The number of hydrogen-bond donors (Lipinski definition) is 2. The average Bonchev–Trinajstić information content (AvgIpc) is 2.96. The number of ether oxygens (including phenoxy) is 1. The maximum absolute atomic E-state index is 12.5. The molecule has 1 aliphatic rings. The minimum atomic E-state index is -0.269. The van der Waals surface area contributed by atoms with Crippen LogP contribution in [0.15, 0.2) is 30.5 Å². The number of methoxy groups -OCH3 is 1. The van der Waals surface area contributed by atoms with Gasteiger partial charge in [-0.1, -0.05) is 6.07 Å². The number of carbonyl (C=O) groups is 1. The summed E-state index contributed by atoms with van der Waals surface area (Å²) < 4.78 is 5.08. The number of aryl methyl sites for hydroxylation is 1. The van der Waals surface area contributed by atoms with Crippen LogP contribution in [-0.4, -0.2) is 29.2 Å². The Morgan fingerprint density at radius 1 is 1.39 bits per heavy atom. The third-order valence-corrected chi connectivity index (χ3v) is 5.20. The number of rotatable bonds is 5. The zero-order valence-corrected chi connectivity index (χ0v) is 14.0. The number of aliphatic hydroxyl groups excluding tert-OH is 1. The maximum Gasteiger partial charge on any atom is 0.261 e. The zero-order chi connectivity index (χ0) is 16.4. The summed E-state index contributed by atoms with van der Waals surface area (Å²) in [5.74, 6) is 0.692. The summed E-state index contributed by atoms with van der Waals surface area (Å²) in [6, 6.07) is 7.34. The van der Waals surface area contributed by atoms with Crippen LogP contribution in [0.3, 0.4) is 0 Å². The Hall–Kier alpha value is -1.92. The Balaban J connectivity index is 1.79. The zero-order valence-electron chi connectivity index (χ0n) is 13.2. The quantitative estimate of drug-likeness (QED) is 0.883. The van der Waals surface area contributed by atoms with Crippen molar-refractivity contribution < 1.29 is 14.6 Å². The molecule has 1 atom stereocenters. The fraction of sp³-hybridized carbons (Fsp3) is 0.412. The predicted molar refractivity (Wildman–Crippen MR) is 88.8 cm³/mol. The highest BCUT2D eigenvalue weighted by atomic mass is 32.1. The lowest BCUT2D eigenvalue weighted by molar-refractivity contribution is 0.0235. The van der Waals surface area contributed by atoms with E-state index in [9.17, 15) is 9.90 Å². The molecule has 0 aromatic carbocycles. The standard InChI is InChI=1S/C17H20N2O3S/c1-10-3-5-14(23-10)17(21)19-16(12-7-13(20)8-12)11-4-6-15(22-2)18-9-11/h3-6,9,12-13,16,20H,7-8H2,1-2H3,(H,19,21)/t12?,13?,16-/m0/s1. The second kappa shape index (κ2) is 6.68. The molecule has 2 N–H and O–H groups in total. The number of aliphatic hydroxyl groups is 1. The molecule has 0 unspecified atom stereocenters. The van der Waals surface area contributed by atoms with Gasteiger partial charge in [-0.3, -0.25) is 4.79 Å². The predicted octanol–water partition coefficient (Wildman–Crippen LogP) is 2.70. The molecule has 3 rings (SSSR count). The topological polar surface area (TPSA) is 71.5 Å². The van der Waals surface area contributed by atoms with Crippen LogP contribution >= 0.6 is 11.3 Å². The van der Waals surface area contributed by atoms with E-state index in [1.165, 1.54) is 11.3 Å². The lowest BCUT2D eigenvalue weighted by Crippen LogP contribution is -2.41. The van der Waals surface area contributed by atoms with E-state index in [2.05, 4.69) is 10.3 Å². The van der Waals surface area contributed by atoms with Crippen molar-refractivity contribution in [3.63, 3.8) is 0 Å². The Labute approximate surface area is 139 Å². The second-order valence-electron chi connectivity index (χ2n) is 5.88. The third kappa shape index (κ3) is 3.54. The summed E-state index contributed by atoms with van der Waals surface area (Å²) in [7, 11) is 1.57. The van der Waals surface area contributed by atoms with E-state index in [4.69, 9.17) is 4.74 Å². The number of hydrogen-bond acceptors (Lipinski definition) is 5. The molecule has 23 heavy (non-hydrogen) atoms. The number of nitrogens with one attached hydrogen (secondary N) is 1. The second-order valence-corrected chi connectivity index (χ2v) is 7.17. The van der Waals surface area contributed by atoms with Crippen LogP contribution in [0.1, 0.15) is 39.0 Å². The Kier molecular flexibility index (Phi) is 4.63. The molecule has 122 valence electrons. The van der Waals surface area contributed by atoms with E-state index >= 15 is 0 Å². The van der Waals surface area contributed by atoms with Crippen LogP contribution < -0.4 is 10.1 Å². The first kappa shape index (κ1) is 16.0. The first-order chi connectivity index (χ1) is 11.1. The van der Waals surface area contributed by atoms with Crippen molar-refractivity contribution in [2.75, 3.05) is 7.11 Å². The van der Waals surface area contributed by atoms with Crippen molar-refractivity contribution in [1.29, 1.82) is 0 Å². The summed E-state index contributed by atoms with van der Waals surface area (Å²) in [5, 5.41) is 12.7. The van der Waals surface area contributed by atoms with Crippen molar-refractivity contribution in [1.82, 2.24) is 10.3 Å². The molecular formula is C17H20N2O3S. The highest BCUT2D eigenvalue weighted by Crippen LogP contribution is 2.38. The van der Waals surface area contributed by atoms with Crippen LogP contribution in [-0.2, 0) is 0 Å². The number of thiophene rings is 1. The molecule has 2 heterocycles. The Morgan fingerprint density at radius 3 is 2.70 bits per heavy atom. The molecule has 5 nitrogen and oxygen atoms in total. The van der Waals surface area contributed by atoms with Crippen molar-refractivity contribution >= 4 is 17.2 Å². The smallest absolute Gasteiger partial charge is 0.261 e. The monoisotopic (exact) mass is 332 g/mol. The van der Waals surface area contributed by atoms with Gasteiger partial charge in [0.2, 0.25) is 5.88 Å². The van der Waals surface area contributed by atoms with Crippen LogP contribution in [0.25, 0.3) is 0 Å². The third-order valence-electron chi connectivity index (χ3n) is 4.20. The van der Waals surface area contributed by atoms with Gasteiger partial charge in [-0.25, -0.2) is 4.98 Å². The number of amides is 1. The lowest BCUT2D eigenvalue weighted by Gasteiger charge is -2.38. The van der Waals surface area contributed by atoms with Crippen molar-refractivity contribution in [2.45, 2.75) is 31.9 Å². The number of aromatic nitrogens is 1. The first-order valence-corrected chi connectivity index (χ1v) is 8.43.